The number of halogens is 2. The number of rotatable bonds is 7. The molecule has 2 heterocycles. The molecule has 0 radical (unpaired) electrons. The van der Waals surface area contributed by atoms with Crippen LogP contribution in [0.25, 0.3) is 6.08 Å². The topological polar surface area (TPSA) is 54.8 Å². The van der Waals surface area contributed by atoms with Gasteiger partial charge in [0.2, 0.25) is 5.43 Å². The van der Waals surface area contributed by atoms with Crippen molar-refractivity contribution in [2.24, 2.45) is 0 Å². The van der Waals surface area contributed by atoms with Gasteiger partial charge in [-0.1, -0.05) is 91.0 Å². The van der Waals surface area contributed by atoms with Crippen molar-refractivity contribution in [3.63, 3.8) is 0 Å². The molecule has 4 aromatic carbocycles. The van der Waals surface area contributed by atoms with Gasteiger partial charge in [-0.3, -0.25) is 19.3 Å². The van der Waals surface area contributed by atoms with Gasteiger partial charge < -0.3 is 9.64 Å². The lowest BCUT2D eigenvalue weighted by Crippen LogP contribution is -2.62. The van der Waals surface area contributed by atoms with E-state index in [9.17, 15) is 14.0 Å². The molecule has 1 atom stereocenters. The van der Waals surface area contributed by atoms with E-state index in [1.54, 1.807) is 15.8 Å². The van der Waals surface area contributed by atoms with Crippen molar-refractivity contribution in [1.29, 1.82) is 0 Å². The molecule has 1 unspecified atom stereocenters. The third-order valence-corrected chi connectivity index (χ3v) is 9.28. The van der Waals surface area contributed by atoms with E-state index in [0.717, 1.165) is 27.8 Å². The molecule has 2 aliphatic carbocycles. The Labute approximate surface area is 264 Å². The highest BCUT2D eigenvalue weighted by molar-refractivity contribution is 5.96. The first kappa shape index (κ1) is 28.0. The van der Waals surface area contributed by atoms with E-state index in [0.29, 0.717) is 30.5 Å². The average molecular weight is 614 g/mol. The predicted molar refractivity (Wildman–Crippen MR) is 171 cm³/mol. The number of ether oxygens (including phenoxy) is 1. The molecule has 1 aliphatic heterocycles. The van der Waals surface area contributed by atoms with Crippen LogP contribution in [0.4, 0.5) is 8.78 Å². The highest BCUT2D eigenvalue weighted by Crippen LogP contribution is 2.55. The van der Waals surface area contributed by atoms with Crippen molar-refractivity contribution in [2.45, 2.75) is 25.0 Å². The SMILES string of the molecule is O=C1c2c(OCc3ccccc3)c(=O)ccn2N(C23C(=Cc4cc(F)c(F)cc42)Cc2ccccc23)CN1CCc1ccccc1. The standard InChI is InChI=1S/C38H29F2N3O3/c39-32-21-28-20-29-19-27-13-7-8-14-30(27)38(29,31(28)22-33(32)40)43-24-41(17-15-25-9-3-1-4-10-25)37(45)35-36(34(44)16-18-42(35)43)46-23-26-11-5-2-6-12-26/h1-14,16,18,20-22H,15,17,19,23-24H2. The molecule has 6 nitrogen and oxygen atoms in total. The second-order valence-corrected chi connectivity index (χ2v) is 11.9. The van der Waals surface area contributed by atoms with Crippen LogP contribution in [0.2, 0.25) is 0 Å². The number of aromatic nitrogens is 1. The van der Waals surface area contributed by atoms with Crippen LogP contribution < -0.4 is 15.2 Å². The zero-order chi connectivity index (χ0) is 31.4. The van der Waals surface area contributed by atoms with Gasteiger partial charge in [-0.05, 0) is 63.9 Å². The molecule has 0 bridgehead atoms. The van der Waals surface area contributed by atoms with Crippen LogP contribution in [0.5, 0.6) is 5.75 Å². The monoisotopic (exact) mass is 613 g/mol. The third kappa shape index (κ3) is 4.28. The van der Waals surface area contributed by atoms with Crippen molar-refractivity contribution in [3.05, 3.63) is 176 Å². The number of carbonyl (C=O) groups is 1. The maximum Gasteiger partial charge on any atom is 0.277 e. The molecular formula is C38H29F2N3O3. The molecule has 8 heteroatoms. The summed E-state index contributed by atoms with van der Waals surface area (Å²) in [4.78, 5) is 29.6. The summed E-state index contributed by atoms with van der Waals surface area (Å²) in [6, 6.07) is 31.2. The number of pyridine rings is 1. The van der Waals surface area contributed by atoms with Gasteiger partial charge >= 0.3 is 0 Å². The average Bonchev–Trinajstić information content (AvgIpc) is 3.56. The molecule has 5 aromatic rings. The van der Waals surface area contributed by atoms with E-state index in [1.165, 1.54) is 18.2 Å². The molecular weight excluding hydrogens is 584 g/mol. The Hall–Kier alpha value is -5.50. The van der Waals surface area contributed by atoms with Crippen molar-refractivity contribution in [2.75, 3.05) is 18.2 Å². The smallest absolute Gasteiger partial charge is 0.277 e. The van der Waals surface area contributed by atoms with Gasteiger partial charge in [0.15, 0.2) is 23.1 Å². The summed E-state index contributed by atoms with van der Waals surface area (Å²) in [6.07, 6.45) is 4.66. The maximum atomic E-state index is 15.1. The van der Waals surface area contributed by atoms with Gasteiger partial charge in [0.25, 0.3) is 5.91 Å². The van der Waals surface area contributed by atoms with Crippen LogP contribution >= 0.6 is 0 Å². The fourth-order valence-corrected chi connectivity index (χ4v) is 7.20. The lowest BCUT2D eigenvalue weighted by Gasteiger charge is -2.49. The van der Waals surface area contributed by atoms with Crippen LogP contribution in [0.1, 0.15) is 43.9 Å². The summed E-state index contributed by atoms with van der Waals surface area (Å²) in [5.41, 5.74) is 4.60. The summed E-state index contributed by atoms with van der Waals surface area (Å²) < 4.78 is 37.6. The maximum absolute atomic E-state index is 15.1. The van der Waals surface area contributed by atoms with Gasteiger partial charge in [0.05, 0.1) is 0 Å². The largest absolute Gasteiger partial charge is 0.482 e. The second kappa shape index (κ2) is 10.8. The number of fused-ring (bicyclic) bond motifs is 6. The van der Waals surface area contributed by atoms with Gasteiger partial charge in [-0.15, -0.1) is 0 Å². The van der Waals surface area contributed by atoms with Crippen molar-refractivity contribution in [3.8, 4) is 5.75 Å². The van der Waals surface area contributed by atoms with Crippen molar-refractivity contribution < 1.29 is 18.3 Å². The van der Waals surface area contributed by atoms with E-state index in [4.69, 9.17) is 4.74 Å². The second-order valence-electron chi connectivity index (χ2n) is 11.9. The summed E-state index contributed by atoms with van der Waals surface area (Å²) in [5.74, 6) is -2.26. The fraction of sp³-hybridized carbons (Fsp3) is 0.158. The minimum Gasteiger partial charge on any atom is -0.482 e. The number of carbonyl (C=O) groups excluding carboxylic acids is 1. The minimum absolute atomic E-state index is 0.0533. The summed E-state index contributed by atoms with van der Waals surface area (Å²) in [5, 5.41) is 2.00. The number of hydrogen-bond donors (Lipinski definition) is 0. The Bertz CT molecular complexity index is 2090. The Balaban J connectivity index is 1.33. The first-order chi connectivity index (χ1) is 22.4. The van der Waals surface area contributed by atoms with Gasteiger partial charge in [-0.25, -0.2) is 8.78 Å². The van der Waals surface area contributed by atoms with Gasteiger partial charge in [0.1, 0.15) is 18.8 Å². The number of hydrogen-bond acceptors (Lipinski definition) is 4. The van der Waals surface area contributed by atoms with E-state index in [-0.39, 0.29) is 30.6 Å². The van der Waals surface area contributed by atoms with E-state index >= 15 is 4.39 Å². The van der Waals surface area contributed by atoms with Crippen LogP contribution in [-0.4, -0.2) is 28.7 Å². The zero-order valence-corrected chi connectivity index (χ0v) is 24.8. The van der Waals surface area contributed by atoms with Crippen molar-refractivity contribution >= 4 is 12.0 Å². The van der Waals surface area contributed by atoms with E-state index < -0.39 is 22.6 Å². The lowest BCUT2D eigenvalue weighted by atomic mass is 9.83. The van der Waals surface area contributed by atoms with Crippen molar-refractivity contribution in [1.82, 2.24) is 9.58 Å². The molecule has 0 N–H and O–H groups in total. The minimum atomic E-state index is -1.06. The molecule has 0 spiro atoms. The Morgan fingerprint density at radius 3 is 2.26 bits per heavy atom. The molecule has 1 amide bonds. The first-order valence-electron chi connectivity index (χ1n) is 15.3. The molecule has 8 rings (SSSR count). The Morgan fingerprint density at radius 2 is 1.48 bits per heavy atom. The number of amides is 1. The predicted octanol–water partition coefficient (Wildman–Crippen LogP) is 6.20. The summed E-state index contributed by atoms with van der Waals surface area (Å²) in [7, 11) is 0. The molecule has 0 saturated carbocycles. The highest BCUT2D eigenvalue weighted by atomic mass is 19.2. The summed E-state index contributed by atoms with van der Waals surface area (Å²) in [6.45, 7) is 0.586. The van der Waals surface area contributed by atoms with E-state index in [2.05, 4.69) is 0 Å². The molecule has 1 aromatic heterocycles. The first-order valence-corrected chi connectivity index (χ1v) is 15.3. The number of benzene rings is 4. The van der Waals surface area contributed by atoms with Crippen LogP contribution in [-0.2, 0) is 25.0 Å². The van der Waals surface area contributed by atoms with Gasteiger partial charge in [-0.2, -0.15) is 0 Å². The normalized spacial score (nSPS) is 17.7. The quantitative estimate of drug-likeness (QED) is 0.220. The van der Waals surface area contributed by atoms with Gasteiger partial charge in [0, 0.05) is 18.8 Å². The Kier molecular flexibility index (Phi) is 6.60. The molecule has 3 aliphatic rings. The van der Waals surface area contributed by atoms with Crippen LogP contribution in [0.3, 0.4) is 0 Å². The Morgan fingerprint density at radius 1 is 0.783 bits per heavy atom. The third-order valence-electron chi connectivity index (χ3n) is 9.28. The lowest BCUT2D eigenvalue weighted by molar-refractivity contribution is 0.0666. The van der Waals surface area contributed by atoms with Crippen LogP contribution in [0.15, 0.2) is 120 Å². The molecule has 46 heavy (non-hydrogen) atoms. The fourth-order valence-electron chi connectivity index (χ4n) is 7.20. The highest BCUT2D eigenvalue weighted by Gasteiger charge is 2.55. The zero-order valence-electron chi connectivity index (χ0n) is 24.8. The van der Waals surface area contributed by atoms with Crippen LogP contribution in [0, 0.1) is 11.6 Å². The number of nitrogens with zero attached hydrogens (tertiary/aromatic N) is 3. The summed E-state index contributed by atoms with van der Waals surface area (Å²) >= 11 is 0. The molecule has 228 valence electrons. The molecule has 0 fully saturated rings. The van der Waals surface area contributed by atoms with E-state index in [1.807, 2.05) is 96.0 Å². The molecule has 0 saturated heterocycles.